The van der Waals surface area contributed by atoms with Crippen LogP contribution in [0.3, 0.4) is 0 Å². The lowest BCUT2D eigenvalue weighted by Gasteiger charge is -2.12. The number of hydrogen-bond donors (Lipinski definition) is 2. The Labute approximate surface area is 134 Å². The Morgan fingerprint density at radius 1 is 1.43 bits per heavy atom. The van der Waals surface area contributed by atoms with Gasteiger partial charge in [-0.3, -0.25) is 0 Å². The maximum absolute atomic E-state index is 14.4. The second kappa shape index (κ2) is 6.66. The van der Waals surface area contributed by atoms with Crippen molar-refractivity contribution in [3.63, 3.8) is 0 Å². The van der Waals surface area contributed by atoms with Crippen LogP contribution in [0.1, 0.15) is 6.92 Å². The summed E-state index contributed by atoms with van der Waals surface area (Å²) in [5, 5.41) is 8.41. The van der Waals surface area contributed by atoms with Crippen molar-refractivity contribution in [1.29, 1.82) is 0 Å². The Kier molecular flexibility index (Phi) is 4.85. The summed E-state index contributed by atoms with van der Waals surface area (Å²) < 4.78 is 37.3. The van der Waals surface area contributed by atoms with Gasteiger partial charge in [-0.2, -0.15) is 0 Å². The summed E-state index contributed by atoms with van der Waals surface area (Å²) in [6.45, 7) is 1.63. The van der Waals surface area contributed by atoms with Gasteiger partial charge in [0.1, 0.15) is 5.02 Å². The van der Waals surface area contributed by atoms with Crippen LogP contribution >= 0.6 is 11.6 Å². The van der Waals surface area contributed by atoms with Gasteiger partial charge in [-0.1, -0.05) is 11.6 Å². The molecule has 2 rings (SSSR count). The average Bonchev–Trinajstić information content (AvgIpc) is 2.47. The number of halogens is 3. The number of aromatic nitrogens is 1. The minimum absolute atomic E-state index is 0.0564. The Hall–Kier alpha value is -2.61. The molecule has 6 nitrogen and oxygen atoms in total. The third-order valence-corrected chi connectivity index (χ3v) is 3.13. The van der Waals surface area contributed by atoms with Crippen molar-refractivity contribution in [2.45, 2.75) is 6.92 Å². The quantitative estimate of drug-likeness (QED) is 0.821. The van der Waals surface area contributed by atoms with E-state index >= 15 is 0 Å². The number of nitrogen functional groups attached to an aromatic ring is 1. The lowest BCUT2D eigenvalue weighted by molar-refractivity contribution is 0.142. The van der Waals surface area contributed by atoms with Gasteiger partial charge < -0.3 is 20.3 Å². The molecule has 0 fully saturated rings. The molecule has 1 heterocycles. The molecule has 0 amide bonds. The number of anilines is 1. The first-order valence-electron chi connectivity index (χ1n) is 6.33. The van der Waals surface area contributed by atoms with E-state index in [0.29, 0.717) is 0 Å². The zero-order valence-corrected chi connectivity index (χ0v) is 12.5. The molecular weight excluding hydrogens is 334 g/mol. The zero-order valence-electron chi connectivity index (χ0n) is 11.8. The van der Waals surface area contributed by atoms with Crippen molar-refractivity contribution in [2.24, 2.45) is 0 Å². The number of carbonyl (C=O) groups is 1. The standard InChI is InChI=1S/C14H11ClF2N2O4/c1-2-22-12-7(16)4-3-6(11(12)17)9-5-8(18)10(15)13(19-9)23-14(20)21/h3-5H,2H2,1H3,(H2,18,19)(H,20,21). The van der Waals surface area contributed by atoms with Crippen LogP contribution in [0.15, 0.2) is 18.2 Å². The van der Waals surface area contributed by atoms with Crippen LogP contribution in [0.4, 0.5) is 19.3 Å². The summed E-state index contributed by atoms with van der Waals surface area (Å²) in [6.07, 6.45) is -1.66. The molecule has 9 heteroatoms. The van der Waals surface area contributed by atoms with E-state index in [0.717, 1.165) is 12.1 Å². The van der Waals surface area contributed by atoms with Gasteiger partial charge in [0.25, 0.3) is 0 Å². The Balaban J connectivity index is 2.60. The van der Waals surface area contributed by atoms with Gasteiger partial charge in [-0.15, -0.1) is 0 Å². The van der Waals surface area contributed by atoms with Gasteiger partial charge in [-0.05, 0) is 25.1 Å². The van der Waals surface area contributed by atoms with E-state index in [4.69, 9.17) is 27.2 Å². The molecule has 0 bridgehead atoms. The minimum atomic E-state index is -1.66. The van der Waals surface area contributed by atoms with Crippen molar-refractivity contribution >= 4 is 23.4 Å². The smallest absolute Gasteiger partial charge is 0.488 e. The second-order valence-corrected chi connectivity index (χ2v) is 4.63. The van der Waals surface area contributed by atoms with E-state index in [1.807, 2.05) is 0 Å². The maximum Gasteiger partial charge on any atom is 0.512 e. The fourth-order valence-corrected chi connectivity index (χ4v) is 1.96. The van der Waals surface area contributed by atoms with Crippen LogP contribution in [0.2, 0.25) is 5.02 Å². The highest BCUT2D eigenvalue weighted by Gasteiger charge is 2.20. The molecule has 0 spiro atoms. The number of pyridine rings is 1. The van der Waals surface area contributed by atoms with Crippen LogP contribution in [-0.4, -0.2) is 22.9 Å². The number of rotatable bonds is 4. The fraction of sp³-hybridized carbons (Fsp3) is 0.143. The molecule has 0 radical (unpaired) electrons. The molecule has 3 N–H and O–H groups in total. The molecule has 2 aromatic rings. The van der Waals surface area contributed by atoms with E-state index < -0.39 is 29.4 Å². The van der Waals surface area contributed by atoms with E-state index in [2.05, 4.69) is 9.72 Å². The third kappa shape index (κ3) is 3.42. The molecule has 0 atom stereocenters. The van der Waals surface area contributed by atoms with Crippen molar-refractivity contribution < 1.29 is 28.2 Å². The number of ether oxygens (including phenoxy) is 2. The van der Waals surface area contributed by atoms with Gasteiger partial charge in [0, 0.05) is 5.56 Å². The van der Waals surface area contributed by atoms with E-state index in [1.54, 1.807) is 6.92 Å². The fourth-order valence-electron chi connectivity index (χ4n) is 1.82. The van der Waals surface area contributed by atoms with E-state index in [-0.39, 0.29) is 28.6 Å². The molecule has 0 aliphatic carbocycles. The first kappa shape index (κ1) is 16.8. The van der Waals surface area contributed by atoms with Crippen LogP contribution in [0.25, 0.3) is 11.3 Å². The summed E-state index contributed by atoms with van der Waals surface area (Å²) in [5.41, 5.74) is 5.34. The molecule has 122 valence electrons. The third-order valence-electron chi connectivity index (χ3n) is 2.75. The van der Waals surface area contributed by atoms with Crippen molar-refractivity contribution in [3.05, 3.63) is 34.9 Å². The lowest BCUT2D eigenvalue weighted by atomic mass is 10.1. The number of nitrogens with zero attached hydrogens (tertiary/aromatic N) is 1. The first-order chi connectivity index (χ1) is 10.8. The molecule has 0 unspecified atom stereocenters. The Bertz CT molecular complexity index is 771. The topological polar surface area (TPSA) is 94.7 Å². The summed E-state index contributed by atoms with van der Waals surface area (Å²) in [6, 6.07) is 3.32. The van der Waals surface area contributed by atoms with Gasteiger partial charge in [0.2, 0.25) is 5.88 Å². The highest BCUT2D eigenvalue weighted by molar-refractivity contribution is 6.34. The zero-order chi connectivity index (χ0) is 17.1. The van der Waals surface area contributed by atoms with Crippen LogP contribution in [0.5, 0.6) is 11.6 Å². The summed E-state index contributed by atoms with van der Waals surface area (Å²) in [5.74, 6) is -2.95. The molecule has 0 saturated carbocycles. The molecule has 0 aliphatic heterocycles. The number of benzene rings is 1. The summed E-state index contributed by atoms with van der Waals surface area (Å²) >= 11 is 5.79. The summed E-state index contributed by atoms with van der Waals surface area (Å²) in [7, 11) is 0. The SMILES string of the molecule is CCOc1c(F)ccc(-c2cc(N)c(Cl)c(OC(=O)O)n2)c1F. The van der Waals surface area contributed by atoms with E-state index in [1.165, 1.54) is 6.07 Å². The van der Waals surface area contributed by atoms with Crippen molar-refractivity contribution in [2.75, 3.05) is 12.3 Å². The van der Waals surface area contributed by atoms with Crippen molar-refractivity contribution in [1.82, 2.24) is 4.98 Å². The second-order valence-electron chi connectivity index (χ2n) is 4.25. The molecule has 0 saturated heterocycles. The Morgan fingerprint density at radius 3 is 2.74 bits per heavy atom. The average molecular weight is 345 g/mol. The highest BCUT2D eigenvalue weighted by atomic mass is 35.5. The van der Waals surface area contributed by atoms with Crippen LogP contribution in [0, 0.1) is 11.6 Å². The molecule has 1 aromatic heterocycles. The van der Waals surface area contributed by atoms with Crippen LogP contribution in [-0.2, 0) is 0 Å². The summed E-state index contributed by atoms with van der Waals surface area (Å²) in [4.78, 5) is 14.4. The number of nitrogens with two attached hydrogens (primary N) is 1. The molecule has 1 aromatic carbocycles. The normalized spacial score (nSPS) is 10.4. The monoisotopic (exact) mass is 344 g/mol. The molecule has 0 aliphatic rings. The lowest BCUT2D eigenvalue weighted by Crippen LogP contribution is -2.07. The van der Waals surface area contributed by atoms with Gasteiger partial charge in [0.15, 0.2) is 17.4 Å². The molecular formula is C14H11ClF2N2O4. The van der Waals surface area contributed by atoms with Crippen molar-refractivity contribution in [3.8, 4) is 22.9 Å². The van der Waals surface area contributed by atoms with Crippen LogP contribution < -0.4 is 15.2 Å². The number of carboxylic acid groups (broad SMARTS) is 1. The van der Waals surface area contributed by atoms with E-state index in [9.17, 15) is 13.6 Å². The van der Waals surface area contributed by atoms with Gasteiger partial charge in [0.05, 0.1) is 18.0 Å². The maximum atomic E-state index is 14.4. The van der Waals surface area contributed by atoms with Gasteiger partial charge in [-0.25, -0.2) is 18.6 Å². The predicted molar refractivity (Wildman–Crippen MR) is 78.8 cm³/mol. The highest BCUT2D eigenvalue weighted by Crippen LogP contribution is 2.36. The minimum Gasteiger partial charge on any atom is -0.488 e. The predicted octanol–water partition coefficient (Wildman–Crippen LogP) is 3.72. The first-order valence-corrected chi connectivity index (χ1v) is 6.70. The number of hydrogen-bond acceptors (Lipinski definition) is 5. The molecule has 23 heavy (non-hydrogen) atoms. The Morgan fingerprint density at radius 2 is 2.13 bits per heavy atom. The van der Waals surface area contributed by atoms with Gasteiger partial charge >= 0.3 is 6.16 Å². The largest absolute Gasteiger partial charge is 0.512 e.